The SMILES string of the molecule is Cc1cc(NC(=O)Cn2nnc3ccccc3c2=O)ccc1N1CCN(C)CC1. The first-order valence-electron chi connectivity index (χ1n) is 9.68. The maximum absolute atomic E-state index is 12.5. The standard InChI is InChI=1S/C21H24N6O2/c1-15-13-16(7-8-19(15)26-11-9-25(2)10-12-26)22-20(28)14-27-21(29)17-5-3-4-6-18(17)23-24-27/h3-8,13H,9-12,14H2,1-2H3,(H,22,28). The van der Waals surface area contributed by atoms with E-state index in [0.717, 1.165) is 36.4 Å². The number of nitrogens with zero attached hydrogens (tertiary/aromatic N) is 5. The molecule has 0 bridgehead atoms. The Morgan fingerprint density at radius 2 is 1.86 bits per heavy atom. The number of carbonyl (C=O) groups excluding carboxylic acids is 1. The molecule has 29 heavy (non-hydrogen) atoms. The van der Waals surface area contributed by atoms with Gasteiger partial charge in [-0.05, 0) is 49.9 Å². The van der Waals surface area contributed by atoms with Crippen LogP contribution in [0.2, 0.25) is 0 Å². The molecule has 8 heteroatoms. The number of anilines is 2. The third-order valence-electron chi connectivity index (χ3n) is 5.25. The molecule has 0 radical (unpaired) electrons. The number of likely N-dealkylation sites (N-methyl/N-ethyl adjacent to an activating group) is 1. The van der Waals surface area contributed by atoms with Crippen molar-refractivity contribution >= 4 is 28.2 Å². The molecule has 0 spiro atoms. The minimum absolute atomic E-state index is 0.185. The molecule has 150 valence electrons. The van der Waals surface area contributed by atoms with Crippen molar-refractivity contribution in [2.24, 2.45) is 0 Å². The summed E-state index contributed by atoms with van der Waals surface area (Å²) in [6.07, 6.45) is 0. The zero-order valence-electron chi connectivity index (χ0n) is 16.6. The Morgan fingerprint density at radius 3 is 2.62 bits per heavy atom. The van der Waals surface area contributed by atoms with Crippen molar-refractivity contribution < 1.29 is 4.79 Å². The molecule has 1 amide bonds. The zero-order valence-corrected chi connectivity index (χ0v) is 16.6. The highest BCUT2D eigenvalue weighted by atomic mass is 16.2. The Morgan fingerprint density at radius 1 is 1.10 bits per heavy atom. The van der Waals surface area contributed by atoms with Gasteiger partial charge in [0, 0.05) is 37.6 Å². The Labute approximate surface area is 168 Å². The van der Waals surface area contributed by atoms with Crippen molar-refractivity contribution in [2.45, 2.75) is 13.5 Å². The van der Waals surface area contributed by atoms with Crippen LogP contribution in [0.25, 0.3) is 10.9 Å². The summed E-state index contributed by atoms with van der Waals surface area (Å²) in [6, 6.07) is 12.9. The van der Waals surface area contributed by atoms with E-state index >= 15 is 0 Å². The molecule has 0 aliphatic carbocycles. The molecule has 1 N–H and O–H groups in total. The summed E-state index contributed by atoms with van der Waals surface area (Å²) in [5, 5.41) is 11.2. The highest BCUT2D eigenvalue weighted by Crippen LogP contribution is 2.24. The Kier molecular flexibility index (Phi) is 5.26. The van der Waals surface area contributed by atoms with Crippen LogP contribution in [0.5, 0.6) is 0 Å². The molecule has 0 unspecified atom stereocenters. The normalized spacial score (nSPS) is 14.9. The second-order valence-electron chi connectivity index (χ2n) is 7.41. The average molecular weight is 392 g/mol. The second-order valence-corrected chi connectivity index (χ2v) is 7.41. The smallest absolute Gasteiger partial charge is 0.278 e. The molecular weight excluding hydrogens is 368 g/mol. The largest absolute Gasteiger partial charge is 0.369 e. The van der Waals surface area contributed by atoms with Crippen molar-refractivity contribution in [2.75, 3.05) is 43.4 Å². The lowest BCUT2D eigenvalue weighted by Crippen LogP contribution is -2.44. The predicted molar refractivity (Wildman–Crippen MR) is 113 cm³/mol. The monoisotopic (exact) mass is 392 g/mol. The lowest BCUT2D eigenvalue weighted by molar-refractivity contribution is -0.117. The highest BCUT2D eigenvalue weighted by molar-refractivity contribution is 5.91. The van der Waals surface area contributed by atoms with Crippen LogP contribution in [-0.4, -0.2) is 59.0 Å². The number of amides is 1. The maximum atomic E-state index is 12.5. The van der Waals surface area contributed by atoms with Gasteiger partial charge in [-0.1, -0.05) is 17.3 Å². The molecule has 1 aliphatic rings. The van der Waals surface area contributed by atoms with Crippen LogP contribution in [0.1, 0.15) is 5.56 Å². The lowest BCUT2D eigenvalue weighted by Gasteiger charge is -2.35. The molecule has 0 saturated carbocycles. The average Bonchev–Trinajstić information content (AvgIpc) is 2.71. The molecule has 0 atom stereocenters. The minimum Gasteiger partial charge on any atom is -0.369 e. The highest BCUT2D eigenvalue weighted by Gasteiger charge is 2.16. The molecule has 1 saturated heterocycles. The fourth-order valence-electron chi connectivity index (χ4n) is 3.60. The first kappa shape index (κ1) is 19.1. The van der Waals surface area contributed by atoms with Crippen LogP contribution in [-0.2, 0) is 11.3 Å². The van der Waals surface area contributed by atoms with Crippen LogP contribution >= 0.6 is 0 Å². The Bertz CT molecular complexity index is 1100. The number of hydrogen-bond donors (Lipinski definition) is 1. The molecular formula is C21H24N6O2. The van der Waals surface area contributed by atoms with Gasteiger partial charge >= 0.3 is 0 Å². The molecule has 8 nitrogen and oxygen atoms in total. The van der Waals surface area contributed by atoms with Crippen molar-refractivity contribution in [3.05, 3.63) is 58.4 Å². The van der Waals surface area contributed by atoms with Gasteiger partial charge < -0.3 is 15.1 Å². The zero-order chi connectivity index (χ0) is 20.4. The maximum Gasteiger partial charge on any atom is 0.278 e. The molecule has 3 aromatic rings. The summed E-state index contributed by atoms with van der Waals surface area (Å²) < 4.78 is 1.09. The van der Waals surface area contributed by atoms with Crippen LogP contribution in [0, 0.1) is 6.92 Å². The van der Waals surface area contributed by atoms with Gasteiger partial charge in [0.25, 0.3) is 5.56 Å². The van der Waals surface area contributed by atoms with E-state index in [9.17, 15) is 9.59 Å². The first-order chi connectivity index (χ1) is 14.0. The summed E-state index contributed by atoms with van der Waals surface area (Å²) in [5.41, 5.74) is 3.19. The summed E-state index contributed by atoms with van der Waals surface area (Å²) in [5.74, 6) is -0.316. The van der Waals surface area contributed by atoms with Crippen LogP contribution in [0.3, 0.4) is 0 Å². The second kappa shape index (κ2) is 8.00. The first-order valence-corrected chi connectivity index (χ1v) is 9.68. The molecule has 2 aromatic carbocycles. The third-order valence-corrected chi connectivity index (χ3v) is 5.25. The van der Waals surface area contributed by atoms with E-state index in [-0.39, 0.29) is 18.0 Å². The molecule has 1 fully saturated rings. The fraction of sp³-hybridized carbons (Fsp3) is 0.333. The molecule has 1 aliphatic heterocycles. The number of rotatable bonds is 4. The summed E-state index contributed by atoms with van der Waals surface area (Å²) in [6.45, 7) is 5.93. The van der Waals surface area contributed by atoms with Gasteiger partial charge in [-0.3, -0.25) is 9.59 Å². The number of piperazine rings is 1. The van der Waals surface area contributed by atoms with Crippen molar-refractivity contribution in [1.29, 1.82) is 0 Å². The molecule has 4 rings (SSSR count). The minimum atomic E-state index is -0.327. The summed E-state index contributed by atoms with van der Waals surface area (Å²) >= 11 is 0. The molecule has 2 heterocycles. The predicted octanol–water partition coefficient (Wildman–Crippen LogP) is 1.49. The van der Waals surface area contributed by atoms with Crippen molar-refractivity contribution in [3.8, 4) is 0 Å². The summed E-state index contributed by atoms with van der Waals surface area (Å²) in [4.78, 5) is 29.6. The van der Waals surface area contributed by atoms with Gasteiger partial charge in [0.2, 0.25) is 5.91 Å². The van der Waals surface area contributed by atoms with E-state index in [0.29, 0.717) is 16.6 Å². The van der Waals surface area contributed by atoms with Gasteiger partial charge in [0.05, 0.1) is 5.39 Å². The van der Waals surface area contributed by atoms with E-state index in [4.69, 9.17) is 0 Å². The number of hydrogen-bond acceptors (Lipinski definition) is 6. The van der Waals surface area contributed by atoms with Gasteiger partial charge in [-0.2, -0.15) is 0 Å². The van der Waals surface area contributed by atoms with E-state index in [1.54, 1.807) is 24.3 Å². The topological polar surface area (TPSA) is 83.4 Å². The lowest BCUT2D eigenvalue weighted by atomic mass is 10.1. The van der Waals surface area contributed by atoms with Gasteiger partial charge in [0.1, 0.15) is 12.1 Å². The van der Waals surface area contributed by atoms with E-state index in [1.807, 2.05) is 25.1 Å². The number of nitrogens with one attached hydrogen (secondary N) is 1. The van der Waals surface area contributed by atoms with Gasteiger partial charge in [-0.25, -0.2) is 4.68 Å². The third kappa shape index (κ3) is 4.12. The van der Waals surface area contributed by atoms with E-state index < -0.39 is 0 Å². The number of aryl methyl sites for hydroxylation is 1. The van der Waals surface area contributed by atoms with Crippen LogP contribution in [0.4, 0.5) is 11.4 Å². The van der Waals surface area contributed by atoms with Crippen molar-refractivity contribution in [1.82, 2.24) is 19.9 Å². The quantitative estimate of drug-likeness (QED) is 0.724. The van der Waals surface area contributed by atoms with Gasteiger partial charge in [0.15, 0.2) is 0 Å². The number of fused-ring (bicyclic) bond motifs is 1. The van der Waals surface area contributed by atoms with E-state index in [1.165, 1.54) is 5.69 Å². The fourth-order valence-corrected chi connectivity index (χ4v) is 3.60. The van der Waals surface area contributed by atoms with E-state index in [2.05, 4.69) is 32.5 Å². The number of carbonyl (C=O) groups is 1. The Hall–Kier alpha value is -3.26. The number of aromatic nitrogens is 3. The van der Waals surface area contributed by atoms with Crippen LogP contribution < -0.4 is 15.8 Å². The Balaban J connectivity index is 1.45. The van der Waals surface area contributed by atoms with Crippen molar-refractivity contribution in [3.63, 3.8) is 0 Å². The molecule has 1 aromatic heterocycles. The summed E-state index contributed by atoms with van der Waals surface area (Å²) in [7, 11) is 2.13. The van der Waals surface area contributed by atoms with Gasteiger partial charge in [-0.15, -0.1) is 5.10 Å². The number of benzene rings is 2. The van der Waals surface area contributed by atoms with Crippen LogP contribution in [0.15, 0.2) is 47.3 Å².